The number of halogens is 1. The Morgan fingerprint density at radius 1 is 0.778 bits per heavy atom. The zero-order chi connectivity index (χ0) is 19.1. The Morgan fingerprint density at radius 2 is 1.37 bits per heavy atom. The normalized spacial score (nSPS) is 10.9. The molecule has 134 valence electrons. The topological polar surface area (TPSA) is 58.2 Å². The van der Waals surface area contributed by atoms with Crippen LogP contribution in [0.2, 0.25) is 0 Å². The molecule has 0 aliphatic carbocycles. The number of hydrogen-bond acceptors (Lipinski definition) is 2. The van der Waals surface area contributed by atoms with Crippen molar-refractivity contribution < 1.29 is 9.59 Å². The summed E-state index contributed by atoms with van der Waals surface area (Å²) < 4.78 is 0.657. The SMILES string of the molecule is O=C(Nc1ccccc1)C(=Cc1ccccc1)NC(=O)c1ccccc1Br. The molecule has 4 nitrogen and oxygen atoms in total. The van der Waals surface area contributed by atoms with Gasteiger partial charge in [-0.05, 0) is 51.8 Å². The Labute approximate surface area is 166 Å². The van der Waals surface area contributed by atoms with E-state index in [0.717, 1.165) is 5.56 Å². The highest BCUT2D eigenvalue weighted by atomic mass is 79.9. The Balaban J connectivity index is 1.88. The maximum Gasteiger partial charge on any atom is 0.272 e. The molecule has 0 radical (unpaired) electrons. The molecule has 3 aromatic carbocycles. The minimum Gasteiger partial charge on any atom is -0.321 e. The monoisotopic (exact) mass is 420 g/mol. The average molecular weight is 421 g/mol. The van der Waals surface area contributed by atoms with Gasteiger partial charge in [-0.3, -0.25) is 9.59 Å². The summed E-state index contributed by atoms with van der Waals surface area (Å²) in [5.74, 6) is -0.765. The molecule has 3 aromatic rings. The van der Waals surface area contributed by atoms with Gasteiger partial charge < -0.3 is 10.6 Å². The second kappa shape index (κ2) is 8.96. The molecule has 0 saturated heterocycles. The highest BCUT2D eigenvalue weighted by Crippen LogP contribution is 2.17. The quantitative estimate of drug-likeness (QED) is 0.579. The third-order valence-corrected chi connectivity index (χ3v) is 4.45. The Hall–Kier alpha value is -3.18. The lowest BCUT2D eigenvalue weighted by Crippen LogP contribution is -2.31. The smallest absolute Gasteiger partial charge is 0.272 e. The van der Waals surface area contributed by atoms with Crippen LogP contribution < -0.4 is 10.6 Å². The predicted molar refractivity (Wildman–Crippen MR) is 111 cm³/mol. The van der Waals surface area contributed by atoms with Crippen molar-refractivity contribution in [2.45, 2.75) is 0 Å². The van der Waals surface area contributed by atoms with E-state index in [1.165, 1.54) is 0 Å². The van der Waals surface area contributed by atoms with Crippen molar-refractivity contribution in [3.05, 3.63) is 106 Å². The first-order chi connectivity index (χ1) is 13.1. The van der Waals surface area contributed by atoms with Crippen LogP contribution in [-0.2, 0) is 4.79 Å². The van der Waals surface area contributed by atoms with Gasteiger partial charge in [0.1, 0.15) is 5.70 Å². The zero-order valence-corrected chi connectivity index (χ0v) is 15.9. The van der Waals surface area contributed by atoms with Gasteiger partial charge in [0.15, 0.2) is 0 Å². The fraction of sp³-hybridized carbons (Fsp3) is 0. The van der Waals surface area contributed by atoms with Gasteiger partial charge in [0.2, 0.25) is 0 Å². The number of rotatable bonds is 5. The van der Waals surface area contributed by atoms with Crippen molar-refractivity contribution in [1.29, 1.82) is 0 Å². The summed E-state index contributed by atoms with van der Waals surface area (Å²) in [6.07, 6.45) is 1.65. The van der Waals surface area contributed by atoms with Crippen LogP contribution in [0.25, 0.3) is 6.08 Å². The van der Waals surface area contributed by atoms with Crippen LogP contribution in [0.15, 0.2) is 95.1 Å². The Bertz CT molecular complexity index is 970. The molecule has 2 amide bonds. The molecule has 0 unspecified atom stereocenters. The number of para-hydroxylation sites is 1. The lowest BCUT2D eigenvalue weighted by Gasteiger charge is -2.12. The van der Waals surface area contributed by atoms with E-state index in [0.29, 0.717) is 15.7 Å². The molecule has 0 aliphatic rings. The molecule has 0 bridgehead atoms. The highest BCUT2D eigenvalue weighted by Gasteiger charge is 2.16. The first kappa shape index (κ1) is 18.6. The number of nitrogens with one attached hydrogen (secondary N) is 2. The first-order valence-corrected chi connectivity index (χ1v) is 9.12. The second-order valence-electron chi connectivity index (χ2n) is 5.72. The van der Waals surface area contributed by atoms with Crippen LogP contribution >= 0.6 is 15.9 Å². The largest absolute Gasteiger partial charge is 0.321 e. The fourth-order valence-electron chi connectivity index (χ4n) is 2.43. The average Bonchev–Trinajstić information content (AvgIpc) is 2.69. The standard InChI is InChI=1S/C22H17BrN2O2/c23-19-14-8-7-13-18(19)21(26)25-20(15-16-9-3-1-4-10-16)22(27)24-17-11-5-2-6-12-17/h1-15H,(H,24,27)(H,25,26). The molecular weight excluding hydrogens is 404 g/mol. The summed E-state index contributed by atoms with van der Waals surface area (Å²) in [5, 5.41) is 5.52. The Morgan fingerprint density at radius 3 is 2.04 bits per heavy atom. The van der Waals surface area contributed by atoms with E-state index in [4.69, 9.17) is 0 Å². The van der Waals surface area contributed by atoms with Gasteiger partial charge in [0, 0.05) is 10.2 Å². The lowest BCUT2D eigenvalue weighted by atomic mass is 10.1. The Kier molecular flexibility index (Phi) is 6.18. The molecule has 0 fully saturated rings. The maximum absolute atomic E-state index is 12.8. The van der Waals surface area contributed by atoms with Crippen LogP contribution in [-0.4, -0.2) is 11.8 Å². The van der Waals surface area contributed by atoms with Crippen molar-refractivity contribution in [2.75, 3.05) is 5.32 Å². The minimum absolute atomic E-state index is 0.158. The van der Waals surface area contributed by atoms with Crippen LogP contribution in [0.4, 0.5) is 5.69 Å². The van der Waals surface area contributed by atoms with Crippen molar-refractivity contribution in [2.24, 2.45) is 0 Å². The summed E-state index contributed by atoms with van der Waals surface area (Å²) >= 11 is 3.36. The number of carbonyl (C=O) groups excluding carboxylic acids is 2. The van der Waals surface area contributed by atoms with E-state index < -0.39 is 5.91 Å². The van der Waals surface area contributed by atoms with E-state index in [1.807, 2.05) is 54.6 Å². The molecule has 3 rings (SSSR count). The maximum atomic E-state index is 12.8. The van der Waals surface area contributed by atoms with E-state index >= 15 is 0 Å². The van der Waals surface area contributed by atoms with Crippen LogP contribution in [0.1, 0.15) is 15.9 Å². The van der Waals surface area contributed by atoms with Crippen LogP contribution in [0.3, 0.4) is 0 Å². The summed E-state index contributed by atoms with van der Waals surface area (Å²) in [5.41, 5.74) is 2.06. The minimum atomic E-state index is -0.398. The van der Waals surface area contributed by atoms with Gasteiger partial charge in [0.05, 0.1) is 5.56 Å². The lowest BCUT2D eigenvalue weighted by molar-refractivity contribution is -0.113. The molecule has 0 atom stereocenters. The summed E-state index contributed by atoms with van der Waals surface area (Å²) in [4.78, 5) is 25.4. The summed E-state index contributed by atoms with van der Waals surface area (Å²) in [7, 11) is 0. The molecule has 27 heavy (non-hydrogen) atoms. The summed E-state index contributed by atoms with van der Waals surface area (Å²) in [6.45, 7) is 0. The van der Waals surface area contributed by atoms with E-state index in [9.17, 15) is 9.59 Å². The van der Waals surface area contributed by atoms with Gasteiger partial charge >= 0.3 is 0 Å². The highest BCUT2D eigenvalue weighted by molar-refractivity contribution is 9.10. The van der Waals surface area contributed by atoms with Crippen molar-refractivity contribution >= 4 is 39.5 Å². The summed E-state index contributed by atoms with van der Waals surface area (Å²) in [6, 6.07) is 25.5. The number of anilines is 1. The molecule has 0 saturated carbocycles. The molecule has 0 aromatic heterocycles. The van der Waals surface area contributed by atoms with Crippen LogP contribution in [0, 0.1) is 0 Å². The van der Waals surface area contributed by atoms with Crippen LogP contribution in [0.5, 0.6) is 0 Å². The van der Waals surface area contributed by atoms with Gasteiger partial charge in [-0.25, -0.2) is 0 Å². The van der Waals surface area contributed by atoms with Gasteiger partial charge in [-0.2, -0.15) is 0 Å². The molecule has 2 N–H and O–H groups in total. The van der Waals surface area contributed by atoms with Gasteiger partial charge in [0.25, 0.3) is 11.8 Å². The molecule has 5 heteroatoms. The fourth-order valence-corrected chi connectivity index (χ4v) is 2.89. The number of hydrogen-bond donors (Lipinski definition) is 2. The van der Waals surface area contributed by atoms with Crippen molar-refractivity contribution in [1.82, 2.24) is 5.32 Å². The zero-order valence-electron chi connectivity index (χ0n) is 14.4. The van der Waals surface area contributed by atoms with E-state index in [2.05, 4.69) is 26.6 Å². The van der Waals surface area contributed by atoms with E-state index in [1.54, 1.807) is 36.4 Å². The third kappa shape index (κ3) is 5.15. The predicted octanol–water partition coefficient (Wildman–Crippen LogP) is 4.86. The number of benzene rings is 3. The molecular formula is C22H17BrN2O2. The first-order valence-electron chi connectivity index (χ1n) is 8.32. The van der Waals surface area contributed by atoms with Gasteiger partial charge in [-0.15, -0.1) is 0 Å². The molecule has 0 aliphatic heterocycles. The number of amides is 2. The van der Waals surface area contributed by atoms with Crippen molar-refractivity contribution in [3.63, 3.8) is 0 Å². The van der Waals surface area contributed by atoms with Gasteiger partial charge in [-0.1, -0.05) is 60.7 Å². The number of carbonyl (C=O) groups is 2. The second-order valence-corrected chi connectivity index (χ2v) is 6.58. The molecule has 0 heterocycles. The van der Waals surface area contributed by atoms with E-state index in [-0.39, 0.29) is 11.6 Å². The molecule has 0 spiro atoms. The third-order valence-electron chi connectivity index (χ3n) is 3.75. The van der Waals surface area contributed by atoms with Crippen molar-refractivity contribution in [3.8, 4) is 0 Å².